The molecule has 2 amide bonds. The Balaban J connectivity index is 1.73. The van der Waals surface area contributed by atoms with Crippen molar-refractivity contribution in [1.29, 1.82) is 0 Å². The largest absolute Gasteiger partial charge is 0.369 e. The number of hydrogen-bond donors (Lipinski definition) is 2. The number of nitrogens with zero attached hydrogens (tertiary/aromatic N) is 1. The van der Waals surface area contributed by atoms with E-state index in [4.69, 9.17) is 5.73 Å². The van der Waals surface area contributed by atoms with Crippen molar-refractivity contribution in [3.8, 4) is 0 Å². The van der Waals surface area contributed by atoms with Crippen molar-refractivity contribution in [2.45, 2.75) is 71.9 Å². The maximum absolute atomic E-state index is 14.3. The number of hydrogen-bond acceptors (Lipinski definition) is 4. The molecule has 2 bridgehead atoms. The molecule has 0 aliphatic heterocycles. The second-order valence-corrected chi connectivity index (χ2v) is 14.9. The first-order valence-electron chi connectivity index (χ1n) is 11.9. The molecule has 0 spiro atoms. The van der Waals surface area contributed by atoms with Gasteiger partial charge in [0.15, 0.2) is 0 Å². The van der Waals surface area contributed by atoms with Crippen molar-refractivity contribution in [1.82, 2.24) is 9.62 Å². The van der Waals surface area contributed by atoms with E-state index in [1.54, 1.807) is 17.6 Å². The van der Waals surface area contributed by atoms with Gasteiger partial charge in [0.25, 0.3) is 0 Å². The number of halogens is 1. The summed E-state index contributed by atoms with van der Waals surface area (Å²) >= 11 is 1.57. The van der Waals surface area contributed by atoms with Crippen molar-refractivity contribution >= 4 is 35.8 Å². The van der Waals surface area contributed by atoms with E-state index >= 15 is 0 Å². The summed E-state index contributed by atoms with van der Waals surface area (Å²) < 4.78 is 16.4. The van der Waals surface area contributed by atoms with Gasteiger partial charge in [0.1, 0.15) is 11.4 Å². The monoisotopic (exact) mass is 495 g/mol. The number of benzene rings is 1. The molecule has 2 fully saturated rings. The molecule has 6 atom stereocenters. The average Bonchev–Trinajstić information content (AvgIpc) is 2.74. The molecule has 3 N–H and O–H groups in total. The van der Waals surface area contributed by atoms with Crippen LogP contribution in [0.25, 0.3) is 0 Å². The lowest BCUT2D eigenvalue weighted by molar-refractivity contribution is -0.135. The van der Waals surface area contributed by atoms with Crippen LogP contribution in [0.3, 0.4) is 0 Å². The number of likely N-dealkylation sites (N-methyl/N-ethyl adjacent to an activating group) is 1. The van der Waals surface area contributed by atoms with E-state index in [9.17, 15) is 14.0 Å². The second kappa shape index (κ2) is 10.2. The van der Waals surface area contributed by atoms with Crippen LogP contribution in [-0.2, 0) is 9.59 Å². The minimum Gasteiger partial charge on any atom is -0.369 e. The highest BCUT2D eigenvalue weighted by molar-refractivity contribution is 8.56. The van der Waals surface area contributed by atoms with E-state index in [0.717, 1.165) is 25.7 Å². The van der Waals surface area contributed by atoms with Crippen LogP contribution in [0.5, 0.6) is 0 Å². The summed E-state index contributed by atoms with van der Waals surface area (Å²) in [6, 6.07) is 6.91. The molecule has 2 aliphatic rings. The van der Waals surface area contributed by atoms with Gasteiger partial charge in [0.05, 0.1) is 0 Å². The van der Waals surface area contributed by atoms with Gasteiger partial charge in [0.2, 0.25) is 11.8 Å². The highest BCUT2D eigenvalue weighted by atomic mass is 32.7. The molecule has 2 aliphatic carbocycles. The van der Waals surface area contributed by atoms with Crippen molar-refractivity contribution in [2.24, 2.45) is 28.9 Å². The first-order valence-corrected chi connectivity index (χ1v) is 15.1. The minimum atomic E-state index is -0.852. The Morgan fingerprint density at radius 2 is 1.97 bits per heavy atom. The summed E-state index contributed by atoms with van der Waals surface area (Å²) in [6.07, 6.45) is 3.63. The molecule has 5 nitrogen and oxygen atoms in total. The van der Waals surface area contributed by atoms with Crippen LogP contribution in [0.15, 0.2) is 24.3 Å². The lowest BCUT2D eigenvalue weighted by atomic mass is 9.57. The van der Waals surface area contributed by atoms with Crippen LogP contribution < -0.4 is 16.4 Å². The molecule has 184 valence electrons. The molecule has 6 unspecified atom stereocenters. The summed E-state index contributed by atoms with van der Waals surface area (Å²) in [6.45, 7) is 12.8. The van der Waals surface area contributed by atoms with E-state index in [1.165, 1.54) is 6.07 Å². The van der Waals surface area contributed by atoms with E-state index in [2.05, 4.69) is 16.5 Å². The maximum atomic E-state index is 14.3. The third-order valence-electron chi connectivity index (χ3n) is 7.69. The topological polar surface area (TPSA) is 75.4 Å². The number of fused-ring (bicyclic) bond motifs is 2. The molecule has 2 saturated carbocycles. The van der Waals surface area contributed by atoms with Gasteiger partial charge in [-0.3, -0.25) is 9.59 Å². The van der Waals surface area contributed by atoms with Gasteiger partial charge in [0, 0.05) is 30.4 Å². The predicted molar refractivity (Wildman–Crippen MR) is 137 cm³/mol. The summed E-state index contributed by atoms with van der Waals surface area (Å²) in [5, 5.41) is 4.07. The summed E-state index contributed by atoms with van der Waals surface area (Å²) in [4.78, 5) is 25.7. The predicted octanol–water partition coefficient (Wildman–Crippen LogP) is 4.66. The van der Waals surface area contributed by atoms with Gasteiger partial charge < -0.3 is 11.1 Å². The lowest BCUT2D eigenvalue weighted by Gasteiger charge is -2.50. The third-order valence-corrected chi connectivity index (χ3v) is 11.8. The fourth-order valence-corrected chi connectivity index (χ4v) is 9.85. The normalized spacial score (nSPS) is 30.7. The Hall–Kier alpha value is -1.17. The minimum absolute atomic E-state index is 0.0181. The molecule has 0 heterocycles. The van der Waals surface area contributed by atoms with Crippen LogP contribution in [0.4, 0.5) is 4.39 Å². The van der Waals surface area contributed by atoms with Gasteiger partial charge >= 0.3 is 0 Å². The van der Waals surface area contributed by atoms with Crippen LogP contribution in [0.1, 0.15) is 60.3 Å². The highest BCUT2D eigenvalue weighted by Gasteiger charge is 2.49. The van der Waals surface area contributed by atoms with Gasteiger partial charge in [-0.1, -0.05) is 39.0 Å². The Labute approximate surface area is 203 Å². The van der Waals surface area contributed by atoms with Crippen molar-refractivity contribution in [2.75, 3.05) is 13.2 Å². The molecule has 1 aromatic rings. The van der Waals surface area contributed by atoms with E-state index < -0.39 is 18.1 Å². The number of primary amides is 1. The Morgan fingerprint density at radius 3 is 2.58 bits per heavy atom. The van der Waals surface area contributed by atoms with Gasteiger partial charge in [-0.2, -0.15) is 0 Å². The Bertz CT molecular complexity index is 883. The van der Waals surface area contributed by atoms with E-state index in [0.29, 0.717) is 23.7 Å². The molecular weight excluding hydrogens is 456 g/mol. The zero-order valence-electron chi connectivity index (χ0n) is 20.7. The number of nitrogens with one attached hydrogen (secondary N) is 1. The highest BCUT2D eigenvalue weighted by Crippen LogP contribution is 2.51. The lowest BCUT2D eigenvalue weighted by Crippen LogP contribution is -2.60. The number of carbonyl (C=O) groups excluding carboxylic acids is 2. The first kappa shape index (κ1) is 26.4. The molecule has 1 aromatic carbocycles. The molecule has 0 radical (unpaired) electrons. The first-order chi connectivity index (χ1) is 15.4. The molecule has 0 saturated heterocycles. The number of rotatable bonds is 8. The van der Waals surface area contributed by atoms with Crippen LogP contribution >= 0.6 is 18.7 Å². The Morgan fingerprint density at radius 1 is 1.30 bits per heavy atom. The number of carbonyl (C=O) groups is 2. The molecule has 8 heteroatoms. The smallest absolute Gasteiger partial charge is 0.241 e. The standard InChI is InChI=1S/C25H39FN3O2PS/c1-7-29(33-32(6)20-11-9-8-10-19(20)26)24(3,4)23(31)28-21-16(2)12-17-13-18(21)15-25(5,14-17)22(27)30/h8-11,16-18,21H,7,12-15H2,1-6H3,(H2,27,30)(H,28,31). The summed E-state index contributed by atoms with van der Waals surface area (Å²) in [5.41, 5.74) is 4.50. The zero-order chi connectivity index (χ0) is 24.6. The van der Waals surface area contributed by atoms with Crippen molar-refractivity contribution < 1.29 is 14.0 Å². The summed E-state index contributed by atoms with van der Waals surface area (Å²) in [5.74, 6) is 0.664. The molecular formula is C25H39FN3O2PS. The third kappa shape index (κ3) is 5.57. The number of nitrogens with two attached hydrogens (primary N) is 1. The molecule has 33 heavy (non-hydrogen) atoms. The van der Waals surface area contributed by atoms with Gasteiger partial charge in [-0.15, -0.1) is 0 Å². The quantitative estimate of drug-likeness (QED) is 0.406. The van der Waals surface area contributed by atoms with Crippen molar-refractivity contribution in [3.05, 3.63) is 30.1 Å². The zero-order valence-corrected chi connectivity index (χ0v) is 22.4. The fraction of sp³-hybridized carbons (Fsp3) is 0.680. The van der Waals surface area contributed by atoms with Gasteiger partial charge in [-0.25, -0.2) is 8.70 Å². The SMILES string of the molecule is CCN(SP(C)c1ccccc1F)C(C)(C)C(=O)NC1C(C)CC2CC1CC(C)(C(N)=O)C2. The maximum Gasteiger partial charge on any atom is 0.241 e. The summed E-state index contributed by atoms with van der Waals surface area (Å²) in [7, 11) is -0.852. The average molecular weight is 496 g/mol. The van der Waals surface area contributed by atoms with Crippen LogP contribution in [0, 0.1) is 29.0 Å². The second-order valence-electron chi connectivity index (χ2n) is 10.7. The Kier molecular flexibility index (Phi) is 8.18. The molecule has 3 rings (SSSR count). The fourth-order valence-electron chi connectivity index (χ4n) is 5.84. The number of amides is 2. The van der Waals surface area contributed by atoms with Crippen LogP contribution in [0.2, 0.25) is 0 Å². The van der Waals surface area contributed by atoms with Gasteiger partial charge in [-0.05, 0) is 81.6 Å². The molecule has 0 aromatic heterocycles. The van der Waals surface area contributed by atoms with E-state index in [-0.39, 0.29) is 29.6 Å². The van der Waals surface area contributed by atoms with Crippen molar-refractivity contribution in [3.63, 3.8) is 0 Å². The van der Waals surface area contributed by atoms with Crippen LogP contribution in [-0.4, -0.2) is 40.9 Å². The van der Waals surface area contributed by atoms with E-state index in [1.807, 2.05) is 46.5 Å².